The number of benzene rings is 1. The number of halogens is 1. The molecule has 0 heterocycles. The average Bonchev–Trinajstić information content (AvgIpc) is 2.26. The van der Waals surface area contributed by atoms with Gasteiger partial charge in [0.25, 0.3) is 0 Å². The first-order chi connectivity index (χ1) is 7.93. The monoisotopic (exact) mass is 346 g/mol. The van der Waals surface area contributed by atoms with E-state index in [4.69, 9.17) is 5.73 Å². The molecule has 3 nitrogen and oxygen atoms in total. The molecule has 1 rings (SSSR count). The van der Waals surface area contributed by atoms with Crippen molar-refractivity contribution in [1.29, 1.82) is 0 Å². The summed E-state index contributed by atoms with van der Waals surface area (Å²) in [5.41, 5.74) is 6.84. The van der Waals surface area contributed by atoms with E-state index >= 15 is 0 Å². The van der Waals surface area contributed by atoms with Crippen LogP contribution in [0.25, 0.3) is 0 Å². The minimum Gasteiger partial charge on any atom is -0.335 e. The molecule has 4 heteroatoms. The molecule has 0 saturated heterocycles. The van der Waals surface area contributed by atoms with Crippen LogP contribution in [-0.4, -0.2) is 22.9 Å². The third-order valence-corrected chi connectivity index (χ3v) is 3.65. The maximum Gasteiger partial charge on any atom is 0.239 e. The van der Waals surface area contributed by atoms with Crippen molar-refractivity contribution in [2.75, 3.05) is 0 Å². The standard InChI is InChI=1S/C13H19IN2O/c1-9(2)16(13(17)10(3)15)8-11-6-4-5-7-12(11)14/h4-7,9-10H,8,15H2,1-3H3. The van der Waals surface area contributed by atoms with Gasteiger partial charge >= 0.3 is 0 Å². The summed E-state index contributed by atoms with van der Waals surface area (Å²) >= 11 is 2.29. The van der Waals surface area contributed by atoms with Gasteiger partial charge in [0.2, 0.25) is 5.91 Å². The van der Waals surface area contributed by atoms with Crippen molar-refractivity contribution >= 4 is 28.5 Å². The van der Waals surface area contributed by atoms with Crippen LogP contribution in [0.2, 0.25) is 0 Å². The Bertz CT molecular complexity index is 391. The number of nitrogens with two attached hydrogens (primary N) is 1. The lowest BCUT2D eigenvalue weighted by Crippen LogP contribution is -2.45. The van der Waals surface area contributed by atoms with E-state index in [1.165, 1.54) is 3.57 Å². The molecule has 1 unspecified atom stereocenters. The van der Waals surface area contributed by atoms with Crippen molar-refractivity contribution in [2.24, 2.45) is 5.73 Å². The minimum absolute atomic E-state index is 0.000321. The molecule has 94 valence electrons. The predicted octanol–water partition coefficient (Wildman–Crippen LogP) is 2.38. The average molecular weight is 346 g/mol. The van der Waals surface area contributed by atoms with Gasteiger partial charge in [0, 0.05) is 16.2 Å². The number of nitrogens with zero attached hydrogens (tertiary/aromatic N) is 1. The molecule has 0 aromatic heterocycles. The Balaban J connectivity index is 2.88. The molecule has 1 atom stereocenters. The van der Waals surface area contributed by atoms with E-state index in [9.17, 15) is 4.79 Å². The Morgan fingerprint density at radius 3 is 2.41 bits per heavy atom. The number of carbonyl (C=O) groups excluding carboxylic acids is 1. The summed E-state index contributed by atoms with van der Waals surface area (Å²) in [4.78, 5) is 13.8. The van der Waals surface area contributed by atoms with Gasteiger partial charge in [0.05, 0.1) is 6.04 Å². The third kappa shape index (κ3) is 3.96. The maximum absolute atomic E-state index is 12.0. The zero-order chi connectivity index (χ0) is 13.0. The minimum atomic E-state index is -0.446. The smallest absolute Gasteiger partial charge is 0.239 e. The van der Waals surface area contributed by atoms with Gasteiger partial charge in [-0.15, -0.1) is 0 Å². The summed E-state index contributed by atoms with van der Waals surface area (Å²) < 4.78 is 1.17. The zero-order valence-electron chi connectivity index (χ0n) is 10.5. The highest BCUT2D eigenvalue weighted by Gasteiger charge is 2.20. The van der Waals surface area contributed by atoms with Gasteiger partial charge in [-0.2, -0.15) is 0 Å². The van der Waals surface area contributed by atoms with Crippen molar-refractivity contribution < 1.29 is 4.79 Å². The lowest BCUT2D eigenvalue weighted by molar-refractivity contribution is -0.134. The van der Waals surface area contributed by atoms with E-state index in [0.717, 1.165) is 5.56 Å². The van der Waals surface area contributed by atoms with Crippen LogP contribution in [0, 0.1) is 3.57 Å². The molecule has 0 saturated carbocycles. The van der Waals surface area contributed by atoms with Crippen LogP contribution in [0.4, 0.5) is 0 Å². The van der Waals surface area contributed by atoms with Gasteiger partial charge in [-0.1, -0.05) is 18.2 Å². The van der Waals surface area contributed by atoms with Crippen LogP contribution in [0.15, 0.2) is 24.3 Å². The van der Waals surface area contributed by atoms with Crippen molar-refractivity contribution in [2.45, 2.75) is 39.4 Å². The fraction of sp³-hybridized carbons (Fsp3) is 0.462. The highest BCUT2D eigenvalue weighted by Crippen LogP contribution is 2.16. The molecule has 0 aliphatic heterocycles. The summed E-state index contributed by atoms with van der Waals surface area (Å²) in [5, 5.41) is 0. The third-order valence-electron chi connectivity index (χ3n) is 2.59. The zero-order valence-corrected chi connectivity index (χ0v) is 12.6. The first-order valence-corrected chi connectivity index (χ1v) is 6.80. The molecule has 0 spiro atoms. The molecule has 0 bridgehead atoms. The van der Waals surface area contributed by atoms with E-state index in [1.54, 1.807) is 6.92 Å². The van der Waals surface area contributed by atoms with Crippen molar-refractivity contribution in [3.05, 3.63) is 33.4 Å². The van der Waals surface area contributed by atoms with E-state index < -0.39 is 6.04 Å². The predicted molar refractivity (Wildman–Crippen MR) is 78.5 cm³/mol. The molecule has 1 aromatic rings. The van der Waals surface area contributed by atoms with Crippen molar-refractivity contribution in [3.8, 4) is 0 Å². The SMILES string of the molecule is CC(N)C(=O)N(Cc1ccccc1I)C(C)C. The number of rotatable bonds is 4. The number of hydrogen-bond acceptors (Lipinski definition) is 2. The molecule has 2 N–H and O–H groups in total. The molecule has 0 radical (unpaired) electrons. The first-order valence-electron chi connectivity index (χ1n) is 5.73. The molecular weight excluding hydrogens is 327 g/mol. The second-order valence-electron chi connectivity index (χ2n) is 4.44. The topological polar surface area (TPSA) is 46.3 Å². The van der Waals surface area contributed by atoms with Gasteiger partial charge in [0.15, 0.2) is 0 Å². The van der Waals surface area contributed by atoms with E-state index in [1.807, 2.05) is 43.0 Å². The Morgan fingerprint density at radius 1 is 1.35 bits per heavy atom. The second-order valence-corrected chi connectivity index (χ2v) is 5.60. The van der Waals surface area contributed by atoms with Gasteiger partial charge < -0.3 is 10.6 Å². The molecule has 1 amide bonds. The Morgan fingerprint density at radius 2 is 1.94 bits per heavy atom. The van der Waals surface area contributed by atoms with E-state index in [2.05, 4.69) is 22.6 Å². The van der Waals surface area contributed by atoms with Crippen molar-refractivity contribution in [1.82, 2.24) is 4.90 Å². The summed E-state index contributed by atoms with van der Waals surface area (Å²) in [6, 6.07) is 7.80. The van der Waals surface area contributed by atoms with Crippen molar-refractivity contribution in [3.63, 3.8) is 0 Å². The Labute approximate surface area is 117 Å². The summed E-state index contributed by atoms with van der Waals surface area (Å²) in [5.74, 6) is -0.000321. The van der Waals surface area contributed by atoms with Crippen LogP contribution >= 0.6 is 22.6 Å². The largest absolute Gasteiger partial charge is 0.335 e. The summed E-state index contributed by atoms with van der Waals surface area (Å²) in [6.45, 7) is 6.37. The van der Waals surface area contributed by atoms with Crippen LogP contribution < -0.4 is 5.73 Å². The van der Waals surface area contributed by atoms with Gasteiger partial charge in [0.1, 0.15) is 0 Å². The molecule has 0 fully saturated rings. The Kier molecular flexibility index (Phi) is 5.39. The molecule has 1 aromatic carbocycles. The molecule has 17 heavy (non-hydrogen) atoms. The highest BCUT2D eigenvalue weighted by molar-refractivity contribution is 14.1. The highest BCUT2D eigenvalue weighted by atomic mass is 127. The lowest BCUT2D eigenvalue weighted by atomic mass is 10.1. The van der Waals surface area contributed by atoms with Gasteiger partial charge in [-0.05, 0) is 55.0 Å². The van der Waals surface area contributed by atoms with Gasteiger partial charge in [-0.25, -0.2) is 0 Å². The molecular formula is C13H19IN2O. The molecule has 0 aliphatic rings. The van der Waals surface area contributed by atoms with Crippen LogP contribution in [0.1, 0.15) is 26.3 Å². The van der Waals surface area contributed by atoms with Gasteiger partial charge in [-0.3, -0.25) is 4.79 Å². The fourth-order valence-electron chi connectivity index (χ4n) is 1.59. The lowest BCUT2D eigenvalue weighted by Gasteiger charge is -2.28. The van der Waals surface area contributed by atoms with Crippen LogP contribution in [0.3, 0.4) is 0 Å². The fourth-order valence-corrected chi connectivity index (χ4v) is 2.14. The number of carbonyl (C=O) groups is 1. The number of amides is 1. The van der Waals surface area contributed by atoms with Crippen LogP contribution in [0.5, 0.6) is 0 Å². The summed E-state index contributed by atoms with van der Waals surface area (Å²) in [7, 11) is 0. The normalized spacial score (nSPS) is 12.6. The van der Waals surface area contributed by atoms with E-state index in [0.29, 0.717) is 6.54 Å². The van der Waals surface area contributed by atoms with Crippen LogP contribution in [-0.2, 0) is 11.3 Å². The Hall–Kier alpha value is -0.620. The summed E-state index contributed by atoms with van der Waals surface area (Å²) in [6.07, 6.45) is 0. The van der Waals surface area contributed by atoms with E-state index in [-0.39, 0.29) is 11.9 Å². The molecule has 0 aliphatic carbocycles. The quantitative estimate of drug-likeness (QED) is 0.851. The second kappa shape index (κ2) is 6.35. The first kappa shape index (κ1) is 14.4. The number of hydrogen-bond donors (Lipinski definition) is 1. The maximum atomic E-state index is 12.0.